The third-order valence-electron chi connectivity index (χ3n) is 3.18. The molecular weight excluding hydrogens is 274 g/mol. The second-order valence-electron chi connectivity index (χ2n) is 4.36. The van der Waals surface area contributed by atoms with Crippen molar-refractivity contribution in [3.8, 4) is 11.5 Å². The second kappa shape index (κ2) is 5.23. The Morgan fingerprint density at radius 3 is 2.67 bits per heavy atom. The number of rotatable bonds is 4. The minimum absolute atomic E-state index is 0.0877. The molecule has 8 heteroatoms. The molecule has 0 fully saturated rings. The summed E-state index contributed by atoms with van der Waals surface area (Å²) >= 11 is 0. The Morgan fingerprint density at radius 1 is 1.24 bits per heavy atom. The zero-order valence-corrected chi connectivity index (χ0v) is 11.5. The van der Waals surface area contributed by atoms with E-state index in [1.165, 1.54) is 13.2 Å². The Kier molecular flexibility index (Phi) is 3.27. The molecule has 2 aromatic heterocycles. The lowest BCUT2D eigenvalue weighted by Crippen LogP contribution is -2.10. The molecule has 1 N–H and O–H groups in total. The quantitative estimate of drug-likeness (QED) is 0.754. The fourth-order valence-corrected chi connectivity index (χ4v) is 2.17. The number of nitrogens with zero attached hydrogens (tertiary/aromatic N) is 4. The Labute approximate surface area is 119 Å². The number of aromatic amines is 1. The van der Waals surface area contributed by atoms with Gasteiger partial charge in [0.05, 0.1) is 26.3 Å². The van der Waals surface area contributed by atoms with Crippen LogP contribution in [0, 0.1) is 0 Å². The molecule has 0 aliphatic heterocycles. The van der Waals surface area contributed by atoms with Gasteiger partial charge in [-0.2, -0.15) is 5.21 Å². The number of hydrogen-bond acceptors (Lipinski definition) is 6. The summed E-state index contributed by atoms with van der Waals surface area (Å²) in [6, 6.07) is 4.92. The summed E-state index contributed by atoms with van der Waals surface area (Å²) in [7, 11) is 3.08. The highest BCUT2D eigenvalue weighted by atomic mass is 16.5. The summed E-state index contributed by atoms with van der Waals surface area (Å²) in [5.74, 6) is 1.59. The number of benzene rings is 1. The van der Waals surface area contributed by atoms with Crippen LogP contribution in [0.15, 0.2) is 29.2 Å². The van der Waals surface area contributed by atoms with Crippen LogP contribution >= 0.6 is 0 Å². The van der Waals surface area contributed by atoms with Gasteiger partial charge in [0, 0.05) is 23.7 Å². The Bertz CT molecular complexity index is 826. The fraction of sp³-hybridized carbons (Fsp3) is 0.231. The SMILES string of the molecule is COc1cc2c(=O)ccn(Cc3nn[nH]n3)c2cc1OC. The van der Waals surface area contributed by atoms with Gasteiger partial charge in [0.2, 0.25) is 0 Å². The predicted octanol–water partition coefficient (Wildman–Crippen LogP) is 0.580. The third-order valence-corrected chi connectivity index (χ3v) is 3.18. The number of hydrogen-bond donors (Lipinski definition) is 1. The molecule has 0 unspecified atom stereocenters. The number of fused-ring (bicyclic) bond motifs is 1. The average Bonchev–Trinajstić information content (AvgIpc) is 3.02. The number of ether oxygens (including phenoxy) is 2. The molecule has 8 nitrogen and oxygen atoms in total. The maximum absolute atomic E-state index is 12.0. The normalized spacial score (nSPS) is 10.8. The highest BCUT2D eigenvalue weighted by Crippen LogP contribution is 2.30. The zero-order chi connectivity index (χ0) is 14.8. The third kappa shape index (κ3) is 2.31. The first-order valence-electron chi connectivity index (χ1n) is 6.20. The van der Waals surface area contributed by atoms with E-state index in [0.717, 1.165) is 0 Å². The lowest BCUT2D eigenvalue weighted by atomic mass is 10.2. The minimum Gasteiger partial charge on any atom is -0.493 e. The van der Waals surface area contributed by atoms with Crippen molar-refractivity contribution in [2.75, 3.05) is 14.2 Å². The molecule has 1 aromatic carbocycles. The van der Waals surface area contributed by atoms with Crippen LogP contribution < -0.4 is 14.9 Å². The molecule has 0 bridgehead atoms. The van der Waals surface area contributed by atoms with Crippen molar-refractivity contribution < 1.29 is 9.47 Å². The van der Waals surface area contributed by atoms with Crippen LogP contribution in [-0.4, -0.2) is 39.4 Å². The first kappa shape index (κ1) is 13.1. The van der Waals surface area contributed by atoms with Crippen LogP contribution in [-0.2, 0) is 6.54 Å². The smallest absolute Gasteiger partial charge is 0.194 e. The molecule has 0 saturated carbocycles. The molecule has 0 amide bonds. The molecule has 0 saturated heterocycles. The van der Waals surface area contributed by atoms with Crippen LogP contribution in [0.25, 0.3) is 10.9 Å². The summed E-state index contributed by atoms with van der Waals surface area (Å²) in [6.45, 7) is 0.392. The van der Waals surface area contributed by atoms with Gasteiger partial charge in [0.15, 0.2) is 22.8 Å². The van der Waals surface area contributed by atoms with Crippen molar-refractivity contribution in [1.82, 2.24) is 25.2 Å². The summed E-state index contributed by atoms with van der Waals surface area (Å²) in [4.78, 5) is 12.0. The molecule has 108 valence electrons. The molecule has 2 heterocycles. The van der Waals surface area contributed by atoms with E-state index in [2.05, 4.69) is 20.6 Å². The first-order valence-corrected chi connectivity index (χ1v) is 6.20. The Balaban J connectivity index is 2.21. The van der Waals surface area contributed by atoms with E-state index in [1.807, 2.05) is 4.57 Å². The fourth-order valence-electron chi connectivity index (χ4n) is 2.17. The van der Waals surface area contributed by atoms with Gasteiger partial charge < -0.3 is 14.0 Å². The van der Waals surface area contributed by atoms with Crippen LogP contribution in [0.4, 0.5) is 0 Å². The summed E-state index contributed by atoms with van der Waals surface area (Å²) in [6.07, 6.45) is 1.69. The number of tetrazole rings is 1. The van der Waals surface area contributed by atoms with E-state index in [9.17, 15) is 4.79 Å². The lowest BCUT2D eigenvalue weighted by Gasteiger charge is -2.12. The van der Waals surface area contributed by atoms with E-state index in [4.69, 9.17) is 9.47 Å². The summed E-state index contributed by atoms with van der Waals surface area (Å²) in [5.41, 5.74) is 0.625. The van der Waals surface area contributed by atoms with Gasteiger partial charge in [0.25, 0.3) is 0 Å². The molecular formula is C13H13N5O3. The summed E-state index contributed by atoms with van der Waals surface area (Å²) < 4.78 is 12.4. The molecule has 0 spiro atoms. The standard InChI is InChI=1S/C13H13N5O3/c1-20-11-5-8-9(6-12(11)21-2)18(4-3-10(8)19)7-13-14-16-17-15-13/h3-6H,7H2,1-2H3,(H,14,15,16,17). The molecule has 3 aromatic rings. The highest BCUT2D eigenvalue weighted by Gasteiger charge is 2.11. The van der Waals surface area contributed by atoms with Crippen LogP contribution in [0.3, 0.4) is 0 Å². The van der Waals surface area contributed by atoms with E-state index >= 15 is 0 Å². The number of pyridine rings is 1. The largest absolute Gasteiger partial charge is 0.493 e. The van der Waals surface area contributed by atoms with Gasteiger partial charge in [-0.1, -0.05) is 5.21 Å². The van der Waals surface area contributed by atoms with Crippen molar-refractivity contribution >= 4 is 10.9 Å². The average molecular weight is 287 g/mol. The van der Waals surface area contributed by atoms with Crippen LogP contribution in [0.5, 0.6) is 11.5 Å². The van der Waals surface area contributed by atoms with Gasteiger partial charge in [0.1, 0.15) is 0 Å². The van der Waals surface area contributed by atoms with Crippen molar-refractivity contribution in [2.45, 2.75) is 6.54 Å². The molecule has 3 rings (SSSR count). The topological polar surface area (TPSA) is 94.9 Å². The van der Waals surface area contributed by atoms with Gasteiger partial charge in [-0.05, 0) is 6.07 Å². The van der Waals surface area contributed by atoms with Crippen LogP contribution in [0.1, 0.15) is 5.82 Å². The molecule has 0 atom stereocenters. The maximum Gasteiger partial charge on any atom is 0.194 e. The van der Waals surface area contributed by atoms with Crippen molar-refractivity contribution in [3.63, 3.8) is 0 Å². The number of H-pyrrole nitrogens is 1. The van der Waals surface area contributed by atoms with Crippen molar-refractivity contribution in [1.29, 1.82) is 0 Å². The number of methoxy groups -OCH3 is 2. The van der Waals surface area contributed by atoms with E-state index in [-0.39, 0.29) is 5.43 Å². The first-order chi connectivity index (χ1) is 10.2. The lowest BCUT2D eigenvalue weighted by molar-refractivity contribution is 0.355. The molecule has 0 aliphatic carbocycles. The Hall–Kier alpha value is -2.90. The summed E-state index contributed by atoms with van der Waals surface area (Å²) in [5, 5.41) is 14.3. The maximum atomic E-state index is 12.0. The monoisotopic (exact) mass is 287 g/mol. The van der Waals surface area contributed by atoms with E-state index in [1.54, 1.807) is 25.4 Å². The highest BCUT2D eigenvalue weighted by molar-refractivity contribution is 5.83. The van der Waals surface area contributed by atoms with Crippen LogP contribution in [0.2, 0.25) is 0 Å². The molecule has 21 heavy (non-hydrogen) atoms. The van der Waals surface area contributed by atoms with E-state index in [0.29, 0.717) is 34.8 Å². The second-order valence-corrected chi connectivity index (χ2v) is 4.36. The zero-order valence-electron chi connectivity index (χ0n) is 11.5. The number of nitrogens with one attached hydrogen (secondary N) is 1. The van der Waals surface area contributed by atoms with Crippen molar-refractivity contribution in [2.24, 2.45) is 0 Å². The van der Waals surface area contributed by atoms with E-state index < -0.39 is 0 Å². The van der Waals surface area contributed by atoms with Gasteiger partial charge in [-0.25, -0.2) is 0 Å². The van der Waals surface area contributed by atoms with Gasteiger partial charge in [-0.15, -0.1) is 10.2 Å². The predicted molar refractivity (Wildman–Crippen MR) is 74.6 cm³/mol. The van der Waals surface area contributed by atoms with Gasteiger partial charge in [-0.3, -0.25) is 4.79 Å². The van der Waals surface area contributed by atoms with Gasteiger partial charge >= 0.3 is 0 Å². The minimum atomic E-state index is -0.0877. The number of aromatic nitrogens is 5. The van der Waals surface area contributed by atoms with Crippen molar-refractivity contribution in [3.05, 3.63) is 40.4 Å². The molecule has 0 radical (unpaired) electrons. The Morgan fingerprint density at radius 2 is 2.00 bits per heavy atom. The molecule has 0 aliphatic rings.